The quantitative estimate of drug-likeness (QED) is 0.631. The summed E-state index contributed by atoms with van der Waals surface area (Å²) in [6, 6.07) is 9.85. The fourth-order valence-corrected chi connectivity index (χ4v) is 1.24. The van der Waals surface area contributed by atoms with E-state index in [4.69, 9.17) is 0 Å². The van der Waals surface area contributed by atoms with Crippen LogP contribution in [0.1, 0.15) is 5.56 Å². The molecule has 0 spiro atoms. The second kappa shape index (κ2) is 3.35. The molecule has 0 saturated carbocycles. The maximum absolute atomic E-state index is 10.8. The average Bonchev–Trinajstić information content (AvgIpc) is 2.20. The molecule has 0 unspecified atom stereocenters. The molecule has 13 heavy (non-hydrogen) atoms. The van der Waals surface area contributed by atoms with Gasteiger partial charge in [-0.1, -0.05) is 30.3 Å². The lowest BCUT2D eigenvalue weighted by Gasteiger charge is -2.04. The number of rotatable bonds is 1. The van der Waals surface area contributed by atoms with Crippen LogP contribution in [0.4, 0.5) is 0 Å². The second-order valence-corrected chi connectivity index (χ2v) is 2.87. The Hall–Kier alpha value is -1.70. The third-order valence-corrected chi connectivity index (χ3v) is 1.90. The highest BCUT2D eigenvalue weighted by molar-refractivity contribution is 6.14. The van der Waals surface area contributed by atoms with Crippen molar-refractivity contribution in [3.8, 4) is 0 Å². The number of carbonyl (C=O) groups is 1. The first-order chi connectivity index (χ1) is 6.36. The van der Waals surface area contributed by atoms with E-state index >= 15 is 0 Å². The minimum Gasteiger partial charge on any atom is -0.293 e. The van der Waals surface area contributed by atoms with Gasteiger partial charge in [-0.15, -0.1) is 0 Å². The lowest BCUT2D eigenvalue weighted by Crippen LogP contribution is -2.09. The van der Waals surface area contributed by atoms with E-state index in [0.717, 1.165) is 11.3 Å². The molecule has 1 aliphatic heterocycles. The molecular weight excluding hydrogens is 162 g/mol. The Kier molecular flexibility index (Phi) is 2.04. The van der Waals surface area contributed by atoms with E-state index in [9.17, 15) is 4.79 Å². The first-order valence-corrected chi connectivity index (χ1v) is 4.17. The molecule has 2 heteroatoms. The second-order valence-electron chi connectivity index (χ2n) is 2.87. The number of dihydropyridines is 1. The third kappa shape index (κ3) is 1.72. The number of hydrogen-bond acceptors (Lipinski definition) is 2. The molecule has 1 aromatic rings. The van der Waals surface area contributed by atoms with Gasteiger partial charge >= 0.3 is 0 Å². The number of aliphatic imine (C=N–C) groups is 1. The van der Waals surface area contributed by atoms with Gasteiger partial charge in [-0.3, -0.25) is 9.79 Å². The SMILES string of the molecule is O=C1C=CC(c2ccccc2)=NC1. The Labute approximate surface area is 76.6 Å². The highest BCUT2D eigenvalue weighted by atomic mass is 16.1. The summed E-state index contributed by atoms with van der Waals surface area (Å²) in [4.78, 5) is 15.0. The standard InChI is InChI=1S/C11H9NO/c13-10-6-7-11(12-8-10)9-4-2-1-3-5-9/h1-7H,8H2. The summed E-state index contributed by atoms with van der Waals surface area (Å²) in [5.74, 6) is 0.0691. The number of allylic oxidation sites excluding steroid dienone is 1. The van der Waals surface area contributed by atoms with E-state index in [1.54, 1.807) is 12.2 Å². The molecule has 0 atom stereocenters. The highest BCUT2D eigenvalue weighted by Gasteiger charge is 2.05. The topological polar surface area (TPSA) is 29.4 Å². The van der Waals surface area contributed by atoms with Crippen LogP contribution in [0.2, 0.25) is 0 Å². The van der Waals surface area contributed by atoms with Gasteiger partial charge in [-0.05, 0) is 17.7 Å². The predicted octanol–water partition coefficient (Wildman–Crippen LogP) is 1.61. The Morgan fingerprint density at radius 3 is 2.46 bits per heavy atom. The third-order valence-electron chi connectivity index (χ3n) is 1.90. The Morgan fingerprint density at radius 2 is 1.85 bits per heavy atom. The van der Waals surface area contributed by atoms with Crippen molar-refractivity contribution in [2.24, 2.45) is 4.99 Å². The van der Waals surface area contributed by atoms with Crippen molar-refractivity contribution in [2.75, 3.05) is 6.54 Å². The van der Waals surface area contributed by atoms with Gasteiger partial charge in [0.05, 0.1) is 5.71 Å². The fourth-order valence-electron chi connectivity index (χ4n) is 1.24. The lowest BCUT2D eigenvalue weighted by atomic mass is 10.1. The van der Waals surface area contributed by atoms with Gasteiger partial charge in [0.25, 0.3) is 0 Å². The molecular formula is C11H9NO. The molecule has 0 saturated heterocycles. The first kappa shape index (κ1) is 7.92. The minimum atomic E-state index is 0.0691. The lowest BCUT2D eigenvalue weighted by molar-refractivity contribution is -0.113. The van der Waals surface area contributed by atoms with Crippen molar-refractivity contribution in [1.29, 1.82) is 0 Å². The van der Waals surface area contributed by atoms with Crippen LogP contribution in [0.25, 0.3) is 0 Å². The predicted molar refractivity (Wildman–Crippen MR) is 52.0 cm³/mol. The van der Waals surface area contributed by atoms with Crippen LogP contribution in [0, 0.1) is 0 Å². The van der Waals surface area contributed by atoms with Gasteiger partial charge in [-0.25, -0.2) is 0 Å². The van der Waals surface area contributed by atoms with E-state index in [2.05, 4.69) is 4.99 Å². The van der Waals surface area contributed by atoms with Crippen molar-refractivity contribution in [1.82, 2.24) is 0 Å². The van der Waals surface area contributed by atoms with Crippen LogP contribution >= 0.6 is 0 Å². The maximum atomic E-state index is 10.8. The summed E-state index contributed by atoms with van der Waals surface area (Å²) in [6.07, 6.45) is 3.34. The molecule has 0 aliphatic carbocycles. The molecule has 1 heterocycles. The Balaban J connectivity index is 2.30. The molecule has 2 rings (SSSR count). The van der Waals surface area contributed by atoms with Gasteiger partial charge in [0.2, 0.25) is 0 Å². The number of carbonyl (C=O) groups excluding carboxylic acids is 1. The monoisotopic (exact) mass is 171 g/mol. The number of ketones is 1. The number of hydrogen-bond donors (Lipinski definition) is 0. The van der Waals surface area contributed by atoms with Crippen LogP contribution in [-0.2, 0) is 4.79 Å². The van der Waals surface area contributed by atoms with Crippen LogP contribution < -0.4 is 0 Å². The van der Waals surface area contributed by atoms with Gasteiger partial charge in [0.15, 0.2) is 5.78 Å². The zero-order valence-corrected chi connectivity index (χ0v) is 7.10. The van der Waals surface area contributed by atoms with Gasteiger partial charge < -0.3 is 0 Å². The van der Waals surface area contributed by atoms with Crippen molar-refractivity contribution < 1.29 is 4.79 Å². The molecule has 2 nitrogen and oxygen atoms in total. The number of benzene rings is 1. The molecule has 0 bridgehead atoms. The summed E-state index contributed by atoms with van der Waals surface area (Å²) >= 11 is 0. The highest BCUT2D eigenvalue weighted by Crippen LogP contribution is 2.05. The van der Waals surface area contributed by atoms with Crippen molar-refractivity contribution in [3.63, 3.8) is 0 Å². The van der Waals surface area contributed by atoms with Gasteiger partial charge in [-0.2, -0.15) is 0 Å². The van der Waals surface area contributed by atoms with Crippen LogP contribution in [0.3, 0.4) is 0 Å². The molecule has 1 aromatic carbocycles. The largest absolute Gasteiger partial charge is 0.293 e. The van der Waals surface area contributed by atoms with Crippen molar-refractivity contribution in [2.45, 2.75) is 0 Å². The molecule has 64 valence electrons. The van der Waals surface area contributed by atoms with Crippen LogP contribution in [-0.4, -0.2) is 18.0 Å². The smallest absolute Gasteiger partial charge is 0.177 e. The molecule has 0 amide bonds. The van der Waals surface area contributed by atoms with Crippen LogP contribution in [0.15, 0.2) is 47.5 Å². The zero-order valence-electron chi connectivity index (χ0n) is 7.10. The van der Waals surface area contributed by atoms with Gasteiger partial charge in [0, 0.05) is 0 Å². The molecule has 0 aromatic heterocycles. The van der Waals surface area contributed by atoms with Crippen molar-refractivity contribution in [3.05, 3.63) is 48.0 Å². The molecule has 1 aliphatic rings. The first-order valence-electron chi connectivity index (χ1n) is 4.17. The van der Waals surface area contributed by atoms with E-state index < -0.39 is 0 Å². The summed E-state index contributed by atoms with van der Waals surface area (Å²) < 4.78 is 0. The summed E-state index contributed by atoms with van der Waals surface area (Å²) in [7, 11) is 0. The summed E-state index contributed by atoms with van der Waals surface area (Å²) in [6.45, 7) is 0.278. The number of nitrogens with zero attached hydrogens (tertiary/aromatic N) is 1. The van der Waals surface area contributed by atoms with E-state index in [1.165, 1.54) is 0 Å². The summed E-state index contributed by atoms with van der Waals surface area (Å²) in [5, 5.41) is 0. The van der Waals surface area contributed by atoms with Crippen molar-refractivity contribution >= 4 is 11.5 Å². The summed E-state index contributed by atoms with van der Waals surface area (Å²) in [5.41, 5.74) is 1.95. The van der Waals surface area contributed by atoms with E-state index in [1.807, 2.05) is 30.3 Å². The molecule has 0 N–H and O–H groups in total. The fraction of sp³-hybridized carbons (Fsp3) is 0.0909. The molecule has 0 radical (unpaired) electrons. The normalized spacial score (nSPS) is 15.7. The van der Waals surface area contributed by atoms with E-state index in [-0.39, 0.29) is 12.3 Å². The molecule has 0 fully saturated rings. The van der Waals surface area contributed by atoms with E-state index in [0.29, 0.717) is 0 Å². The van der Waals surface area contributed by atoms with Crippen LogP contribution in [0.5, 0.6) is 0 Å². The average molecular weight is 171 g/mol. The minimum absolute atomic E-state index is 0.0691. The maximum Gasteiger partial charge on any atom is 0.177 e. The van der Waals surface area contributed by atoms with Gasteiger partial charge in [0.1, 0.15) is 6.54 Å². The Morgan fingerprint density at radius 1 is 1.08 bits per heavy atom. The zero-order chi connectivity index (χ0) is 9.10. The Bertz CT molecular complexity index is 376.